The Labute approximate surface area is 97.2 Å². The van der Waals surface area contributed by atoms with E-state index in [4.69, 9.17) is 5.73 Å². The van der Waals surface area contributed by atoms with E-state index in [1.807, 2.05) is 0 Å². The summed E-state index contributed by atoms with van der Waals surface area (Å²) in [5, 5.41) is 3.55. The van der Waals surface area contributed by atoms with Gasteiger partial charge in [0.15, 0.2) is 0 Å². The van der Waals surface area contributed by atoms with E-state index < -0.39 is 0 Å². The second kappa shape index (κ2) is 3.86. The van der Waals surface area contributed by atoms with Gasteiger partial charge >= 0.3 is 0 Å². The third-order valence-electron chi connectivity index (χ3n) is 4.54. The summed E-state index contributed by atoms with van der Waals surface area (Å²) in [6, 6.07) is 11.3. The molecule has 3 unspecified atom stereocenters. The molecule has 16 heavy (non-hydrogen) atoms. The average Bonchev–Trinajstić information content (AvgIpc) is 2.77. The molecular formula is C14H20N2. The summed E-state index contributed by atoms with van der Waals surface area (Å²) in [4.78, 5) is 0. The first-order chi connectivity index (χ1) is 7.83. The molecule has 2 heteroatoms. The standard InChI is InChI=1S/C14H20N2/c15-13-7-4-8-14(10-16-9-12(13)14)11-5-2-1-3-6-11/h1-3,5-6,12-13,16H,4,7-10,15H2. The largest absolute Gasteiger partial charge is 0.327 e. The van der Waals surface area contributed by atoms with Crippen molar-refractivity contribution in [2.75, 3.05) is 13.1 Å². The number of nitrogens with two attached hydrogens (primary N) is 1. The second-order valence-electron chi connectivity index (χ2n) is 5.32. The molecule has 0 radical (unpaired) electrons. The maximum absolute atomic E-state index is 6.30. The van der Waals surface area contributed by atoms with Gasteiger partial charge in [-0.05, 0) is 24.3 Å². The van der Waals surface area contributed by atoms with E-state index in [0.717, 1.165) is 13.1 Å². The quantitative estimate of drug-likeness (QED) is 0.749. The predicted molar refractivity (Wildman–Crippen MR) is 66.3 cm³/mol. The topological polar surface area (TPSA) is 38.0 Å². The van der Waals surface area contributed by atoms with Crippen LogP contribution in [0.1, 0.15) is 24.8 Å². The Morgan fingerprint density at radius 3 is 2.88 bits per heavy atom. The lowest BCUT2D eigenvalue weighted by Crippen LogP contribution is -2.48. The number of hydrogen-bond donors (Lipinski definition) is 2. The second-order valence-corrected chi connectivity index (χ2v) is 5.32. The molecule has 1 aliphatic carbocycles. The Balaban J connectivity index is 2.01. The van der Waals surface area contributed by atoms with E-state index in [9.17, 15) is 0 Å². The Morgan fingerprint density at radius 2 is 2.06 bits per heavy atom. The van der Waals surface area contributed by atoms with Crippen LogP contribution in [0.2, 0.25) is 0 Å². The van der Waals surface area contributed by atoms with E-state index in [-0.39, 0.29) is 0 Å². The molecule has 0 amide bonds. The van der Waals surface area contributed by atoms with Crippen molar-refractivity contribution in [1.82, 2.24) is 5.32 Å². The summed E-state index contributed by atoms with van der Waals surface area (Å²) in [7, 11) is 0. The Bertz CT molecular complexity index is 362. The van der Waals surface area contributed by atoms with Crippen LogP contribution in [0.4, 0.5) is 0 Å². The van der Waals surface area contributed by atoms with Crippen molar-refractivity contribution in [1.29, 1.82) is 0 Å². The van der Waals surface area contributed by atoms with E-state index in [0.29, 0.717) is 17.4 Å². The van der Waals surface area contributed by atoms with Crippen LogP contribution < -0.4 is 11.1 Å². The minimum Gasteiger partial charge on any atom is -0.327 e. The molecular weight excluding hydrogens is 196 g/mol. The summed E-state index contributed by atoms with van der Waals surface area (Å²) in [5.74, 6) is 0.628. The van der Waals surface area contributed by atoms with E-state index in [2.05, 4.69) is 35.6 Å². The van der Waals surface area contributed by atoms with Crippen LogP contribution in [0.15, 0.2) is 30.3 Å². The smallest absolute Gasteiger partial charge is 0.0133 e. The van der Waals surface area contributed by atoms with Crippen molar-refractivity contribution < 1.29 is 0 Å². The number of rotatable bonds is 1. The molecule has 1 aromatic rings. The van der Waals surface area contributed by atoms with Crippen LogP contribution in [0, 0.1) is 5.92 Å². The fraction of sp³-hybridized carbons (Fsp3) is 0.571. The summed E-state index contributed by atoms with van der Waals surface area (Å²) in [5.41, 5.74) is 8.11. The zero-order chi connectivity index (χ0) is 11.0. The highest BCUT2D eigenvalue weighted by Gasteiger charge is 2.48. The number of hydrogen-bond acceptors (Lipinski definition) is 2. The van der Waals surface area contributed by atoms with Gasteiger partial charge in [-0.2, -0.15) is 0 Å². The van der Waals surface area contributed by atoms with Gasteiger partial charge in [-0.15, -0.1) is 0 Å². The van der Waals surface area contributed by atoms with E-state index in [1.54, 1.807) is 0 Å². The Morgan fingerprint density at radius 1 is 1.25 bits per heavy atom. The Kier molecular flexibility index (Phi) is 2.49. The van der Waals surface area contributed by atoms with Gasteiger partial charge in [0.25, 0.3) is 0 Å². The van der Waals surface area contributed by atoms with Gasteiger partial charge in [-0.3, -0.25) is 0 Å². The lowest BCUT2D eigenvalue weighted by Gasteiger charge is -2.42. The van der Waals surface area contributed by atoms with Crippen molar-refractivity contribution in [2.45, 2.75) is 30.7 Å². The van der Waals surface area contributed by atoms with Crippen LogP contribution in [-0.4, -0.2) is 19.1 Å². The van der Waals surface area contributed by atoms with E-state index in [1.165, 1.54) is 24.8 Å². The molecule has 0 bridgehead atoms. The number of nitrogens with one attached hydrogen (secondary N) is 1. The molecule has 0 spiro atoms. The van der Waals surface area contributed by atoms with Crippen molar-refractivity contribution >= 4 is 0 Å². The number of fused-ring (bicyclic) bond motifs is 1. The molecule has 3 N–H and O–H groups in total. The Hall–Kier alpha value is -0.860. The molecule has 3 rings (SSSR count). The normalized spacial score (nSPS) is 38.3. The first kappa shape index (κ1) is 10.3. The minimum atomic E-state index is 0.318. The fourth-order valence-electron chi connectivity index (χ4n) is 3.70. The summed E-state index contributed by atoms with van der Waals surface area (Å²) >= 11 is 0. The average molecular weight is 216 g/mol. The molecule has 2 nitrogen and oxygen atoms in total. The third kappa shape index (κ3) is 1.40. The van der Waals surface area contributed by atoms with Crippen LogP contribution in [-0.2, 0) is 5.41 Å². The molecule has 1 heterocycles. The van der Waals surface area contributed by atoms with Crippen molar-refractivity contribution in [2.24, 2.45) is 11.7 Å². The molecule has 3 atom stereocenters. The van der Waals surface area contributed by atoms with Gasteiger partial charge in [0.1, 0.15) is 0 Å². The lowest BCUT2D eigenvalue weighted by molar-refractivity contribution is 0.211. The monoisotopic (exact) mass is 216 g/mol. The first-order valence-electron chi connectivity index (χ1n) is 6.35. The van der Waals surface area contributed by atoms with Gasteiger partial charge in [-0.25, -0.2) is 0 Å². The van der Waals surface area contributed by atoms with Crippen LogP contribution in [0.3, 0.4) is 0 Å². The molecule has 1 saturated carbocycles. The van der Waals surface area contributed by atoms with Gasteiger partial charge < -0.3 is 11.1 Å². The van der Waals surface area contributed by atoms with Crippen LogP contribution in [0.5, 0.6) is 0 Å². The van der Waals surface area contributed by atoms with Gasteiger partial charge in [0.2, 0.25) is 0 Å². The maximum Gasteiger partial charge on any atom is 0.0133 e. The maximum atomic E-state index is 6.30. The lowest BCUT2D eigenvalue weighted by atomic mass is 9.63. The van der Waals surface area contributed by atoms with Gasteiger partial charge in [0.05, 0.1) is 0 Å². The van der Waals surface area contributed by atoms with Gasteiger partial charge in [-0.1, -0.05) is 36.8 Å². The van der Waals surface area contributed by atoms with E-state index >= 15 is 0 Å². The minimum absolute atomic E-state index is 0.318. The highest BCUT2D eigenvalue weighted by atomic mass is 15.0. The third-order valence-corrected chi connectivity index (χ3v) is 4.54. The van der Waals surface area contributed by atoms with Crippen molar-refractivity contribution in [3.63, 3.8) is 0 Å². The molecule has 1 aromatic carbocycles. The van der Waals surface area contributed by atoms with Gasteiger partial charge in [0, 0.05) is 24.5 Å². The first-order valence-corrected chi connectivity index (χ1v) is 6.35. The SMILES string of the molecule is NC1CCCC2(c3ccccc3)CNCC12. The summed E-state index contributed by atoms with van der Waals surface area (Å²) < 4.78 is 0. The number of benzene rings is 1. The van der Waals surface area contributed by atoms with Crippen molar-refractivity contribution in [3.8, 4) is 0 Å². The summed E-state index contributed by atoms with van der Waals surface area (Å²) in [6.45, 7) is 2.20. The molecule has 2 fully saturated rings. The molecule has 1 saturated heterocycles. The van der Waals surface area contributed by atoms with Crippen molar-refractivity contribution in [3.05, 3.63) is 35.9 Å². The highest BCUT2D eigenvalue weighted by Crippen LogP contribution is 2.45. The summed E-state index contributed by atoms with van der Waals surface area (Å²) in [6.07, 6.45) is 3.76. The molecule has 0 aromatic heterocycles. The highest BCUT2D eigenvalue weighted by molar-refractivity contribution is 5.30. The zero-order valence-electron chi connectivity index (χ0n) is 9.65. The molecule has 1 aliphatic heterocycles. The van der Waals surface area contributed by atoms with Crippen LogP contribution >= 0.6 is 0 Å². The fourth-order valence-corrected chi connectivity index (χ4v) is 3.70. The molecule has 2 aliphatic rings. The molecule has 86 valence electrons. The zero-order valence-corrected chi connectivity index (χ0v) is 9.65. The van der Waals surface area contributed by atoms with Crippen LogP contribution in [0.25, 0.3) is 0 Å². The predicted octanol–water partition coefficient (Wildman–Crippen LogP) is 1.65.